The van der Waals surface area contributed by atoms with Crippen molar-refractivity contribution < 1.29 is 24.1 Å². The Bertz CT molecular complexity index is 142. The van der Waals surface area contributed by atoms with Crippen molar-refractivity contribution in [1.82, 2.24) is 0 Å². The van der Waals surface area contributed by atoms with Crippen LogP contribution in [0.25, 0.3) is 0 Å². The number of hydrogen-bond donors (Lipinski definition) is 2. The molecule has 84 valence electrons. The summed E-state index contributed by atoms with van der Waals surface area (Å²) in [5.74, 6) is -0.490. The fourth-order valence-electron chi connectivity index (χ4n) is 0.677. The van der Waals surface area contributed by atoms with Gasteiger partial charge < -0.3 is 25.1 Å². The molecule has 0 aliphatic carbocycles. The maximum absolute atomic E-state index is 10.2. The molecule has 0 saturated carbocycles. The molecule has 0 bridgehead atoms. The fourth-order valence-corrected chi connectivity index (χ4v) is 0.677. The second-order valence-electron chi connectivity index (χ2n) is 2.47. The van der Waals surface area contributed by atoms with Crippen LogP contribution >= 0.6 is 0 Å². The topological polar surface area (TPSA) is 91.0 Å². The van der Waals surface area contributed by atoms with E-state index in [1.807, 2.05) is 0 Å². The summed E-state index contributed by atoms with van der Waals surface area (Å²) in [5.41, 5.74) is 4.84. The number of ether oxygens (including phenoxy) is 3. The number of amides is 1. The van der Waals surface area contributed by atoms with Crippen LogP contribution in [0, 0.1) is 0 Å². The van der Waals surface area contributed by atoms with Crippen molar-refractivity contribution in [2.45, 2.75) is 0 Å². The van der Waals surface area contributed by atoms with Gasteiger partial charge in [0.1, 0.15) is 6.61 Å². The van der Waals surface area contributed by atoms with Crippen molar-refractivity contribution in [2.24, 2.45) is 5.73 Å². The van der Waals surface area contributed by atoms with Gasteiger partial charge in [0.2, 0.25) is 5.91 Å². The van der Waals surface area contributed by atoms with Crippen LogP contribution < -0.4 is 5.73 Å². The van der Waals surface area contributed by atoms with Crippen LogP contribution in [0.2, 0.25) is 0 Å². The molecule has 0 heterocycles. The summed E-state index contributed by atoms with van der Waals surface area (Å²) in [4.78, 5) is 10.2. The number of carbonyl (C=O) groups excluding carboxylic acids is 1. The summed E-state index contributed by atoms with van der Waals surface area (Å²) in [6.45, 7) is 1.88. The molecule has 1 amide bonds. The quantitative estimate of drug-likeness (QED) is 0.426. The first kappa shape index (κ1) is 13.3. The van der Waals surface area contributed by atoms with E-state index >= 15 is 0 Å². The zero-order valence-corrected chi connectivity index (χ0v) is 8.11. The summed E-state index contributed by atoms with van der Waals surface area (Å²) in [6, 6.07) is 0. The van der Waals surface area contributed by atoms with Crippen molar-refractivity contribution in [3.05, 3.63) is 0 Å². The zero-order valence-electron chi connectivity index (χ0n) is 8.11. The summed E-state index contributed by atoms with van der Waals surface area (Å²) in [5, 5.41) is 8.36. The van der Waals surface area contributed by atoms with Gasteiger partial charge in [0.05, 0.1) is 39.6 Å². The van der Waals surface area contributed by atoms with Gasteiger partial charge in [0, 0.05) is 0 Å². The molecule has 0 aromatic heterocycles. The molecule has 0 rings (SSSR count). The molecular weight excluding hydrogens is 190 g/mol. The number of primary amides is 1. The molecule has 0 saturated heterocycles. The normalized spacial score (nSPS) is 10.4. The van der Waals surface area contributed by atoms with Gasteiger partial charge in [0.25, 0.3) is 0 Å². The minimum absolute atomic E-state index is 0.0156. The molecule has 14 heavy (non-hydrogen) atoms. The number of rotatable bonds is 10. The van der Waals surface area contributed by atoms with E-state index < -0.39 is 5.91 Å². The first-order chi connectivity index (χ1) is 6.77. The first-order valence-corrected chi connectivity index (χ1v) is 4.39. The van der Waals surface area contributed by atoms with Crippen molar-refractivity contribution in [3.63, 3.8) is 0 Å². The van der Waals surface area contributed by atoms with E-state index in [-0.39, 0.29) is 13.2 Å². The van der Waals surface area contributed by atoms with Crippen LogP contribution in [0.3, 0.4) is 0 Å². The van der Waals surface area contributed by atoms with Crippen molar-refractivity contribution >= 4 is 5.91 Å². The Labute approximate surface area is 82.9 Å². The molecule has 0 fully saturated rings. The van der Waals surface area contributed by atoms with Gasteiger partial charge in [0.15, 0.2) is 0 Å². The number of hydrogen-bond acceptors (Lipinski definition) is 5. The van der Waals surface area contributed by atoms with E-state index in [4.69, 9.17) is 25.1 Å². The Morgan fingerprint density at radius 3 is 2.00 bits per heavy atom. The third-order valence-electron chi connectivity index (χ3n) is 1.22. The average Bonchev–Trinajstić information content (AvgIpc) is 2.15. The molecule has 3 N–H and O–H groups in total. The van der Waals surface area contributed by atoms with Crippen LogP contribution in [0.4, 0.5) is 0 Å². The molecule has 0 unspecified atom stereocenters. The van der Waals surface area contributed by atoms with E-state index in [1.54, 1.807) is 0 Å². The largest absolute Gasteiger partial charge is 0.394 e. The highest BCUT2D eigenvalue weighted by Gasteiger charge is 1.93. The van der Waals surface area contributed by atoms with Gasteiger partial charge in [-0.15, -0.1) is 0 Å². The van der Waals surface area contributed by atoms with E-state index in [2.05, 4.69) is 0 Å². The third kappa shape index (κ3) is 11.3. The SMILES string of the molecule is NC(=O)COCCOCCOCCO. The molecule has 0 radical (unpaired) electrons. The lowest BCUT2D eigenvalue weighted by molar-refractivity contribution is -0.123. The lowest BCUT2D eigenvalue weighted by atomic mass is 10.6. The van der Waals surface area contributed by atoms with Gasteiger partial charge in [-0.3, -0.25) is 4.79 Å². The van der Waals surface area contributed by atoms with Gasteiger partial charge in [-0.1, -0.05) is 0 Å². The highest BCUT2D eigenvalue weighted by molar-refractivity contribution is 5.74. The summed E-state index contributed by atoms with van der Waals surface area (Å²) in [7, 11) is 0. The van der Waals surface area contributed by atoms with E-state index in [1.165, 1.54) is 0 Å². The van der Waals surface area contributed by atoms with Gasteiger partial charge in [-0.25, -0.2) is 0 Å². The Balaban J connectivity index is 2.88. The van der Waals surface area contributed by atoms with Crippen LogP contribution in [0.15, 0.2) is 0 Å². The molecule has 0 atom stereocenters. The summed E-state index contributed by atoms with van der Waals surface area (Å²) in [6.07, 6.45) is 0. The lowest BCUT2D eigenvalue weighted by Gasteiger charge is -2.04. The van der Waals surface area contributed by atoms with E-state index in [9.17, 15) is 4.79 Å². The number of aliphatic hydroxyl groups excluding tert-OH is 1. The third-order valence-corrected chi connectivity index (χ3v) is 1.22. The van der Waals surface area contributed by atoms with Crippen LogP contribution in [-0.2, 0) is 19.0 Å². The number of aliphatic hydroxyl groups is 1. The van der Waals surface area contributed by atoms with E-state index in [0.29, 0.717) is 33.0 Å². The van der Waals surface area contributed by atoms with Gasteiger partial charge in [-0.2, -0.15) is 0 Å². The zero-order chi connectivity index (χ0) is 10.6. The van der Waals surface area contributed by atoms with Gasteiger partial charge >= 0.3 is 0 Å². The van der Waals surface area contributed by atoms with Crippen molar-refractivity contribution in [1.29, 1.82) is 0 Å². The Morgan fingerprint density at radius 2 is 1.50 bits per heavy atom. The average molecular weight is 207 g/mol. The van der Waals surface area contributed by atoms with Crippen LogP contribution in [0.5, 0.6) is 0 Å². The molecule has 0 aromatic rings. The van der Waals surface area contributed by atoms with E-state index in [0.717, 1.165) is 0 Å². The van der Waals surface area contributed by atoms with Crippen LogP contribution in [-0.4, -0.2) is 57.3 Å². The summed E-state index contributed by atoms with van der Waals surface area (Å²) < 4.78 is 14.9. The highest BCUT2D eigenvalue weighted by atomic mass is 16.5. The maximum atomic E-state index is 10.2. The number of carbonyl (C=O) groups is 1. The standard InChI is InChI=1S/C8H17NO5/c9-8(11)7-14-6-5-13-4-3-12-2-1-10/h10H,1-7H2,(H2,9,11). The lowest BCUT2D eigenvalue weighted by Crippen LogP contribution is -2.20. The smallest absolute Gasteiger partial charge is 0.243 e. The molecular formula is C8H17NO5. The molecule has 0 aliphatic rings. The Hall–Kier alpha value is -0.690. The van der Waals surface area contributed by atoms with Crippen molar-refractivity contribution in [3.8, 4) is 0 Å². The van der Waals surface area contributed by atoms with Crippen LogP contribution in [0.1, 0.15) is 0 Å². The second-order valence-corrected chi connectivity index (χ2v) is 2.47. The second kappa shape index (κ2) is 10.4. The van der Waals surface area contributed by atoms with Crippen molar-refractivity contribution in [2.75, 3.05) is 46.2 Å². The Morgan fingerprint density at radius 1 is 1.00 bits per heavy atom. The molecule has 0 aromatic carbocycles. The maximum Gasteiger partial charge on any atom is 0.243 e. The molecule has 6 nitrogen and oxygen atoms in total. The summed E-state index contributed by atoms with van der Waals surface area (Å²) >= 11 is 0. The minimum Gasteiger partial charge on any atom is -0.394 e. The predicted molar refractivity (Wildman–Crippen MR) is 48.7 cm³/mol. The first-order valence-electron chi connectivity index (χ1n) is 4.39. The monoisotopic (exact) mass is 207 g/mol. The Kier molecular flexibility index (Phi) is 9.88. The molecule has 0 aliphatic heterocycles. The fraction of sp³-hybridized carbons (Fsp3) is 0.875. The molecule has 6 heteroatoms. The minimum atomic E-state index is -0.490. The molecule has 0 spiro atoms. The predicted octanol–water partition coefficient (Wildman–Crippen LogP) is -1.49. The number of nitrogens with two attached hydrogens (primary N) is 1. The highest BCUT2D eigenvalue weighted by Crippen LogP contribution is 1.80. The van der Waals surface area contributed by atoms with Gasteiger partial charge in [-0.05, 0) is 0 Å².